The predicted octanol–water partition coefficient (Wildman–Crippen LogP) is 2.89. The molecule has 1 aromatic carbocycles. The highest BCUT2D eigenvalue weighted by atomic mass is 32.2. The fraction of sp³-hybridized carbons (Fsp3) is 0.562. The number of rotatable bonds is 6. The lowest BCUT2D eigenvalue weighted by Gasteiger charge is -2.27. The van der Waals surface area contributed by atoms with Gasteiger partial charge in [0, 0.05) is 6.54 Å². The molecule has 1 fully saturated rings. The Morgan fingerprint density at radius 3 is 2.65 bits per heavy atom. The highest BCUT2D eigenvalue weighted by molar-refractivity contribution is 7.98. The number of thioether (sulfide) groups is 1. The standard InChI is InChI=1S/C16H24N2OS/c1-4-14-16(19)18(10-12(2)11-20-3)15(17-14)13-8-6-5-7-9-13/h5-9,12,14-15,17H,4,10-11H2,1-3H3. The normalized spacial score (nSPS) is 24.1. The topological polar surface area (TPSA) is 32.3 Å². The Hall–Kier alpha value is -1.00. The molecule has 4 heteroatoms. The Morgan fingerprint density at radius 2 is 2.05 bits per heavy atom. The molecule has 3 unspecified atom stereocenters. The summed E-state index contributed by atoms with van der Waals surface area (Å²) < 4.78 is 0. The lowest BCUT2D eigenvalue weighted by Crippen LogP contribution is -2.35. The third kappa shape index (κ3) is 3.36. The first-order chi connectivity index (χ1) is 9.67. The van der Waals surface area contributed by atoms with Gasteiger partial charge in [0.1, 0.15) is 6.17 Å². The maximum Gasteiger partial charge on any atom is 0.241 e. The second-order valence-electron chi connectivity index (χ2n) is 5.49. The van der Waals surface area contributed by atoms with E-state index in [1.54, 1.807) is 0 Å². The fourth-order valence-electron chi connectivity index (χ4n) is 2.75. The van der Waals surface area contributed by atoms with Crippen LogP contribution >= 0.6 is 11.8 Å². The van der Waals surface area contributed by atoms with E-state index < -0.39 is 0 Å². The molecule has 0 radical (unpaired) electrons. The zero-order chi connectivity index (χ0) is 14.5. The highest BCUT2D eigenvalue weighted by Gasteiger charge is 2.38. The van der Waals surface area contributed by atoms with Crippen LogP contribution in [0.5, 0.6) is 0 Å². The maximum atomic E-state index is 12.5. The summed E-state index contributed by atoms with van der Waals surface area (Å²) in [6.45, 7) is 5.10. The number of carbonyl (C=O) groups is 1. The molecule has 2 rings (SSSR count). The average Bonchev–Trinajstić information content (AvgIpc) is 2.77. The molecule has 20 heavy (non-hydrogen) atoms. The molecule has 110 valence electrons. The molecule has 1 saturated heterocycles. The summed E-state index contributed by atoms with van der Waals surface area (Å²) in [5.74, 6) is 1.84. The molecule has 0 aromatic heterocycles. The molecule has 3 nitrogen and oxygen atoms in total. The van der Waals surface area contributed by atoms with Gasteiger partial charge in [0.05, 0.1) is 6.04 Å². The summed E-state index contributed by atoms with van der Waals surface area (Å²) in [6.07, 6.45) is 2.98. The van der Waals surface area contributed by atoms with E-state index in [1.165, 1.54) is 5.56 Å². The van der Waals surface area contributed by atoms with Gasteiger partial charge in [-0.15, -0.1) is 0 Å². The monoisotopic (exact) mass is 292 g/mol. The van der Waals surface area contributed by atoms with E-state index in [0.29, 0.717) is 5.92 Å². The minimum Gasteiger partial charge on any atom is -0.321 e. The van der Waals surface area contributed by atoms with Crippen LogP contribution in [0, 0.1) is 5.92 Å². The van der Waals surface area contributed by atoms with E-state index in [2.05, 4.69) is 37.6 Å². The van der Waals surface area contributed by atoms with E-state index in [0.717, 1.165) is 18.7 Å². The molecular weight excluding hydrogens is 268 g/mol. The molecule has 0 aliphatic carbocycles. The number of carbonyl (C=O) groups excluding carboxylic acids is 1. The van der Waals surface area contributed by atoms with Gasteiger partial charge in [0.15, 0.2) is 0 Å². The van der Waals surface area contributed by atoms with E-state index in [4.69, 9.17) is 0 Å². The Morgan fingerprint density at radius 1 is 1.35 bits per heavy atom. The smallest absolute Gasteiger partial charge is 0.241 e. The van der Waals surface area contributed by atoms with Gasteiger partial charge in [-0.1, -0.05) is 44.2 Å². The van der Waals surface area contributed by atoms with Crippen molar-refractivity contribution >= 4 is 17.7 Å². The Labute approximate surface area is 126 Å². The minimum atomic E-state index is -0.0401. The number of amides is 1. The van der Waals surface area contributed by atoms with Crippen LogP contribution in [0.25, 0.3) is 0 Å². The van der Waals surface area contributed by atoms with E-state index in [-0.39, 0.29) is 18.1 Å². The molecule has 1 aliphatic heterocycles. The largest absolute Gasteiger partial charge is 0.321 e. The van der Waals surface area contributed by atoms with Crippen molar-refractivity contribution in [3.63, 3.8) is 0 Å². The van der Waals surface area contributed by atoms with Crippen molar-refractivity contribution in [2.24, 2.45) is 5.92 Å². The van der Waals surface area contributed by atoms with E-state index >= 15 is 0 Å². The van der Waals surface area contributed by atoms with Crippen LogP contribution < -0.4 is 5.32 Å². The number of nitrogens with one attached hydrogen (secondary N) is 1. The molecular formula is C16H24N2OS. The molecule has 1 aliphatic rings. The van der Waals surface area contributed by atoms with Gasteiger partial charge in [-0.25, -0.2) is 0 Å². The van der Waals surface area contributed by atoms with Crippen molar-refractivity contribution in [2.75, 3.05) is 18.6 Å². The summed E-state index contributed by atoms with van der Waals surface area (Å²) >= 11 is 1.84. The fourth-order valence-corrected chi connectivity index (χ4v) is 3.43. The van der Waals surface area contributed by atoms with Crippen molar-refractivity contribution < 1.29 is 4.79 Å². The zero-order valence-electron chi connectivity index (χ0n) is 12.5. The van der Waals surface area contributed by atoms with Crippen molar-refractivity contribution in [3.8, 4) is 0 Å². The van der Waals surface area contributed by atoms with Gasteiger partial charge < -0.3 is 4.90 Å². The Bertz CT molecular complexity index is 437. The molecule has 1 heterocycles. The molecule has 1 aromatic rings. The van der Waals surface area contributed by atoms with Crippen LogP contribution in [-0.2, 0) is 4.79 Å². The second kappa shape index (κ2) is 7.14. The van der Waals surface area contributed by atoms with Crippen molar-refractivity contribution in [3.05, 3.63) is 35.9 Å². The highest BCUT2D eigenvalue weighted by Crippen LogP contribution is 2.27. The third-order valence-corrected chi connectivity index (χ3v) is 4.64. The summed E-state index contributed by atoms with van der Waals surface area (Å²) in [5.41, 5.74) is 1.17. The number of nitrogens with zero attached hydrogens (tertiary/aromatic N) is 1. The van der Waals surface area contributed by atoms with Crippen LogP contribution in [0.3, 0.4) is 0 Å². The first-order valence-electron chi connectivity index (χ1n) is 7.27. The molecule has 0 bridgehead atoms. The first kappa shape index (κ1) is 15.4. The minimum absolute atomic E-state index is 0.0259. The maximum absolute atomic E-state index is 12.5. The van der Waals surface area contributed by atoms with Crippen LogP contribution in [0.2, 0.25) is 0 Å². The molecule has 0 spiro atoms. The zero-order valence-corrected chi connectivity index (χ0v) is 13.3. The summed E-state index contributed by atoms with van der Waals surface area (Å²) in [5, 5.41) is 3.47. The SMILES string of the molecule is CCC1NC(c2ccccc2)N(CC(C)CSC)C1=O. The van der Waals surface area contributed by atoms with Gasteiger partial charge in [0.2, 0.25) is 5.91 Å². The first-order valence-corrected chi connectivity index (χ1v) is 8.67. The summed E-state index contributed by atoms with van der Waals surface area (Å²) in [7, 11) is 0. The van der Waals surface area contributed by atoms with E-state index in [9.17, 15) is 4.79 Å². The van der Waals surface area contributed by atoms with Crippen LogP contribution in [0.4, 0.5) is 0 Å². The van der Waals surface area contributed by atoms with Crippen molar-refractivity contribution in [2.45, 2.75) is 32.5 Å². The van der Waals surface area contributed by atoms with Gasteiger partial charge >= 0.3 is 0 Å². The number of hydrogen-bond acceptors (Lipinski definition) is 3. The van der Waals surface area contributed by atoms with Gasteiger partial charge in [-0.3, -0.25) is 10.1 Å². The van der Waals surface area contributed by atoms with Gasteiger partial charge in [-0.05, 0) is 29.9 Å². The van der Waals surface area contributed by atoms with Crippen LogP contribution in [-0.4, -0.2) is 35.4 Å². The molecule has 1 N–H and O–H groups in total. The Kier molecular flexibility index (Phi) is 5.49. The summed E-state index contributed by atoms with van der Waals surface area (Å²) in [4.78, 5) is 14.5. The van der Waals surface area contributed by atoms with Crippen LogP contribution in [0.15, 0.2) is 30.3 Å². The number of hydrogen-bond donors (Lipinski definition) is 1. The molecule has 1 amide bonds. The van der Waals surface area contributed by atoms with Crippen molar-refractivity contribution in [1.82, 2.24) is 10.2 Å². The molecule has 0 saturated carbocycles. The quantitative estimate of drug-likeness (QED) is 0.875. The third-order valence-electron chi connectivity index (χ3n) is 3.74. The number of benzene rings is 1. The average molecular weight is 292 g/mol. The lowest BCUT2D eigenvalue weighted by molar-refractivity contribution is -0.130. The molecule has 3 atom stereocenters. The van der Waals surface area contributed by atoms with E-state index in [1.807, 2.05) is 34.9 Å². The summed E-state index contributed by atoms with van der Waals surface area (Å²) in [6, 6.07) is 10.2. The lowest BCUT2D eigenvalue weighted by atomic mass is 10.1. The van der Waals surface area contributed by atoms with Crippen LogP contribution in [0.1, 0.15) is 32.0 Å². The predicted molar refractivity (Wildman–Crippen MR) is 85.7 cm³/mol. The second-order valence-corrected chi connectivity index (χ2v) is 6.40. The van der Waals surface area contributed by atoms with Gasteiger partial charge in [-0.2, -0.15) is 11.8 Å². The van der Waals surface area contributed by atoms with Crippen molar-refractivity contribution in [1.29, 1.82) is 0 Å². The Balaban J connectivity index is 2.17. The van der Waals surface area contributed by atoms with Gasteiger partial charge in [0.25, 0.3) is 0 Å².